The summed E-state index contributed by atoms with van der Waals surface area (Å²) in [5, 5.41) is 0. The fourth-order valence-electron chi connectivity index (χ4n) is 0.589. The Hall–Kier alpha value is -1.41. The van der Waals surface area contributed by atoms with E-state index in [1.165, 1.54) is 0 Å². The normalized spacial score (nSPS) is 11.4. The highest BCUT2D eigenvalue weighted by atomic mass is 32.2. The topological polar surface area (TPSA) is 120 Å². The fraction of sp³-hybridized carbons (Fsp3) is 0. The fourth-order valence-corrected chi connectivity index (χ4v) is 1.08. The SMILES string of the molecule is O=c1[nH]cc(S(=O)(=O)O)c(=O)[nH]1. The van der Waals surface area contributed by atoms with E-state index in [2.05, 4.69) is 0 Å². The average molecular weight is 192 g/mol. The summed E-state index contributed by atoms with van der Waals surface area (Å²) in [6.07, 6.45) is 0.622. The van der Waals surface area contributed by atoms with Gasteiger partial charge < -0.3 is 4.98 Å². The summed E-state index contributed by atoms with van der Waals surface area (Å²) in [6, 6.07) is 0. The highest BCUT2D eigenvalue weighted by molar-refractivity contribution is 7.85. The Morgan fingerprint density at radius 2 is 1.92 bits per heavy atom. The van der Waals surface area contributed by atoms with E-state index in [4.69, 9.17) is 4.55 Å². The first-order valence-electron chi connectivity index (χ1n) is 2.71. The molecule has 1 aromatic heterocycles. The molecule has 1 aromatic rings. The van der Waals surface area contributed by atoms with Gasteiger partial charge in [0.1, 0.15) is 0 Å². The summed E-state index contributed by atoms with van der Waals surface area (Å²) < 4.78 is 29.1. The Balaban J connectivity index is 3.61. The van der Waals surface area contributed by atoms with Crippen LogP contribution in [0.15, 0.2) is 20.7 Å². The van der Waals surface area contributed by atoms with Gasteiger partial charge in [0.15, 0.2) is 4.90 Å². The first kappa shape index (κ1) is 8.68. The molecule has 0 aliphatic heterocycles. The van der Waals surface area contributed by atoms with E-state index in [9.17, 15) is 18.0 Å². The van der Waals surface area contributed by atoms with Gasteiger partial charge in [0.25, 0.3) is 5.56 Å². The number of hydrogen-bond donors (Lipinski definition) is 3. The van der Waals surface area contributed by atoms with Crippen LogP contribution in [0.25, 0.3) is 0 Å². The Morgan fingerprint density at radius 1 is 1.33 bits per heavy atom. The zero-order chi connectivity index (χ0) is 9.35. The van der Waals surface area contributed by atoms with Gasteiger partial charge in [0.2, 0.25) is 0 Å². The number of nitrogens with one attached hydrogen (secondary N) is 2. The third-order valence-corrected chi connectivity index (χ3v) is 1.92. The van der Waals surface area contributed by atoms with E-state index in [1.807, 2.05) is 4.98 Å². The molecule has 3 N–H and O–H groups in total. The van der Waals surface area contributed by atoms with Crippen molar-refractivity contribution in [3.05, 3.63) is 27.0 Å². The van der Waals surface area contributed by atoms with Crippen LogP contribution in [0, 0.1) is 0 Å². The van der Waals surface area contributed by atoms with Crippen LogP contribution in [0.1, 0.15) is 0 Å². The van der Waals surface area contributed by atoms with Gasteiger partial charge in [-0.3, -0.25) is 14.3 Å². The van der Waals surface area contributed by atoms with E-state index in [0.717, 1.165) is 0 Å². The first-order valence-corrected chi connectivity index (χ1v) is 4.15. The molecule has 0 saturated carbocycles. The molecule has 7 nitrogen and oxygen atoms in total. The molecule has 0 radical (unpaired) electrons. The van der Waals surface area contributed by atoms with E-state index in [0.29, 0.717) is 6.20 Å². The molecule has 0 aromatic carbocycles. The predicted octanol–water partition coefficient (Wildman–Crippen LogP) is -1.69. The maximum absolute atomic E-state index is 10.7. The molecule has 0 aliphatic carbocycles. The lowest BCUT2D eigenvalue weighted by Gasteiger charge is -1.91. The van der Waals surface area contributed by atoms with Crippen molar-refractivity contribution in [3.8, 4) is 0 Å². The highest BCUT2D eigenvalue weighted by Gasteiger charge is 2.14. The van der Waals surface area contributed by atoms with E-state index >= 15 is 0 Å². The van der Waals surface area contributed by atoms with Crippen LogP contribution in [0.2, 0.25) is 0 Å². The van der Waals surface area contributed by atoms with Crippen LogP contribution in [0.5, 0.6) is 0 Å². The van der Waals surface area contributed by atoms with Crippen LogP contribution in [0.4, 0.5) is 0 Å². The number of aromatic amines is 2. The van der Waals surface area contributed by atoms with Gasteiger partial charge in [-0.2, -0.15) is 8.42 Å². The Kier molecular flexibility index (Phi) is 1.86. The van der Waals surface area contributed by atoms with Gasteiger partial charge in [-0.25, -0.2) is 4.79 Å². The molecule has 0 atom stereocenters. The van der Waals surface area contributed by atoms with E-state index in [1.54, 1.807) is 4.98 Å². The van der Waals surface area contributed by atoms with Gasteiger partial charge in [0.05, 0.1) is 0 Å². The second-order valence-electron chi connectivity index (χ2n) is 1.91. The summed E-state index contributed by atoms with van der Waals surface area (Å²) in [7, 11) is -4.56. The third kappa shape index (κ3) is 1.60. The number of rotatable bonds is 1. The smallest absolute Gasteiger partial charge is 0.313 e. The largest absolute Gasteiger partial charge is 0.325 e. The molecule has 0 aliphatic rings. The molecule has 0 saturated heterocycles. The second-order valence-corrected chi connectivity index (χ2v) is 3.30. The van der Waals surface area contributed by atoms with Crippen molar-refractivity contribution in [1.82, 2.24) is 9.97 Å². The van der Waals surface area contributed by atoms with Gasteiger partial charge in [-0.05, 0) is 0 Å². The average Bonchev–Trinajstić information content (AvgIpc) is 1.83. The summed E-state index contributed by atoms with van der Waals surface area (Å²) in [5.74, 6) is 0. The summed E-state index contributed by atoms with van der Waals surface area (Å²) in [5.41, 5.74) is -1.99. The molecule has 0 bridgehead atoms. The lowest BCUT2D eigenvalue weighted by molar-refractivity contribution is 0.481. The zero-order valence-electron chi connectivity index (χ0n) is 5.57. The summed E-state index contributed by atoms with van der Waals surface area (Å²) in [6.45, 7) is 0. The Bertz CT molecular complexity index is 495. The zero-order valence-corrected chi connectivity index (χ0v) is 6.38. The van der Waals surface area contributed by atoms with Crippen molar-refractivity contribution < 1.29 is 13.0 Å². The number of H-pyrrole nitrogens is 2. The van der Waals surface area contributed by atoms with Gasteiger partial charge in [0, 0.05) is 6.20 Å². The van der Waals surface area contributed by atoms with Crippen molar-refractivity contribution in [2.24, 2.45) is 0 Å². The maximum Gasteiger partial charge on any atom is 0.325 e. The monoisotopic (exact) mass is 192 g/mol. The quantitative estimate of drug-likeness (QED) is 0.458. The standard InChI is InChI=1S/C4H4N2O5S/c7-3-2(12(9,10)11)1-5-4(8)6-3/h1H,(H,9,10,11)(H2,5,6,7,8). The lowest BCUT2D eigenvalue weighted by atomic mass is 10.7. The first-order chi connectivity index (χ1) is 5.41. The molecule has 0 unspecified atom stereocenters. The van der Waals surface area contributed by atoms with Crippen molar-refractivity contribution in [1.29, 1.82) is 0 Å². The molecule has 0 spiro atoms. The predicted molar refractivity (Wildman–Crippen MR) is 37.5 cm³/mol. The molecule has 0 amide bonds. The van der Waals surface area contributed by atoms with Gasteiger partial charge in [-0.15, -0.1) is 0 Å². The van der Waals surface area contributed by atoms with Crippen LogP contribution < -0.4 is 11.2 Å². The molecule has 8 heteroatoms. The molecule has 66 valence electrons. The van der Waals surface area contributed by atoms with Crippen molar-refractivity contribution >= 4 is 10.1 Å². The van der Waals surface area contributed by atoms with Gasteiger partial charge >= 0.3 is 15.8 Å². The Labute approximate surface area is 65.8 Å². The minimum absolute atomic E-state index is 0.622. The number of hydrogen-bond acceptors (Lipinski definition) is 4. The van der Waals surface area contributed by atoms with Crippen LogP contribution in [0.3, 0.4) is 0 Å². The van der Waals surface area contributed by atoms with Crippen molar-refractivity contribution in [2.75, 3.05) is 0 Å². The Morgan fingerprint density at radius 3 is 2.33 bits per heavy atom. The van der Waals surface area contributed by atoms with Crippen molar-refractivity contribution in [3.63, 3.8) is 0 Å². The van der Waals surface area contributed by atoms with Crippen LogP contribution >= 0.6 is 0 Å². The van der Waals surface area contributed by atoms with Crippen LogP contribution in [-0.4, -0.2) is 22.9 Å². The second kappa shape index (κ2) is 2.57. The molecule has 12 heavy (non-hydrogen) atoms. The van der Waals surface area contributed by atoms with Crippen molar-refractivity contribution in [2.45, 2.75) is 4.90 Å². The number of aromatic nitrogens is 2. The summed E-state index contributed by atoms with van der Waals surface area (Å²) in [4.78, 5) is 23.7. The third-order valence-electron chi connectivity index (χ3n) is 1.06. The van der Waals surface area contributed by atoms with Gasteiger partial charge in [-0.1, -0.05) is 0 Å². The molecule has 1 rings (SSSR count). The molecule has 1 heterocycles. The maximum atomic E-state index is 10.7. The minimum atomic E-state index is -4.56. The minimum Gasteiger partial charge on any atom is -0.313 e. The lowest BCUT2D eigenvalue weighted by Crippen LogP contribution is -2.26. The molecular weight excluding hydrogens is 188 g/mol. The van der Waals surface area contributed by atoms with E-state index in [-0.39, 0.29) is 0 Å². The molecular formula is C4H4N2O5S. The van der Waals surface area contributed by atoms with Crippen LogP contribution in [-0.2, 0) is 10.1 Å². The molecule has 0 fully saturated rings. The van der Waals surface area contributed by atoms with E-state index < -0.39 is 26.3 Å². The summed E-state index contributed by atoms with van der Waals surface area (Å²) >= 11 is 0. The highest BCUT2D eigenvalue weighted by Crippen LogP contribution is 1.94.